The van der Waals surface area contributed by atoms with Gasteiger partial charge in [-0.3, -0.25) is 9.52 Å². The molecule has 5 nitrogen and oxygen atoms in total. The Morgan fingerprint density at radius 1 is 1.12 bits per heavy atom. The van der Waals surface area contributed by atoms with E-state index >= 15 is 0 Å². The highest BCUT2D eigenvalue weighted by atomic mass is 32.2. The summed E-state index contributed by atoms with van der Waals surface area (Å²) in [6.07, 6.45) is 1.66. The first-order valence-corrected chi connectivity index (χ1v) is 9.60. The SMILES string of the molecule is CS(=O)(=O)NC(=O)[C@@H]1C[C@@H]1c1ccc(OCc2ccccc2)cc1. The standard InChI is InChI=1S/C18H19NO4S/c1-24(21,22)19-18(20)17-11-16(17)14-7-9-15(10-8-14)23-12-13-5-3-2-4-6-13/h2-10,16-17H,11-12H2,1H3,(H,19,20)/t16-,17-/m1/s1. The molecular formula is C18H19NO4S. The average Bonchev–Trinajstić information content (AvgIpc) is 3.34. The monoisotopic (exact) mass is 345 g/mol. The van der Waals surface area contributed by atoms with Gasteiger partial charge in [0.2, 0.25) is 15.9 Å². The van der Waals surface area contributed by atoms with Gasteiger partial charge >= 0.3 is 0 Å². The fraction of sp³-hybridized carbons (Fsp3) is 0.278. The molecule has 1 amide bonds. The van der Waals surface area contributed by atoms with Crippen molar-refractivity contribution in [3.63, 3.8) is 0 Å². The van der Waals surface area contributed by atoms with E-state index in [1.807, 2.05) is 59.3 Å². The molecule has 2 aromatic carbocycles. The number of nitrogens with one attached hydrogen (secondary N) is 1. The summed E-state index contributed by atoms with van der Waals surface area (Å²) in [5.74, 6) is 0.151. The van der Waals surface area contributed by atoms with Crippen molar-refractivity contribution in [1.29, 1.82) is 0 Å². The number of hydrogen-bond acceptors (Lipinski definition) is 4. The molecule has 1 fully saturated rings. The molecule has 1 saturated carbocycles. The van der Waals surface area contributed by atoms with Gasteiger partial charge in [0.25, 0.3) is 0 Å². The fourth-order valence-electron chi connectivity index (χ4n) is 2.66. The average molecular weight is 345 g/mol. The van der Waals surface area contributed by atoms with Crippen molar-refractivity contribution in [2.45, 2.75) is 18.9 Å². The Labute approximate surface area is 141 Å². The Bertz CT molecular complexity index is 816. The van der Waals surface area contributed by atoms with Gasteiger partial charge in [-0.15, -0.1) is 0 Å². The van der Waals surface area contributed by atoms with Crippen LogP contribution in [-0.4, -0.2) is 20.6 Å². The van der Waals surface area contributed by atoms with Gasteiger partial charge < -0.3 is 4.74 Å². The van der Waals surface area contributed by atoms with Crippen LogP contribution in [0, 0.1) is 5.92 Å². The van der Waals surface area contributed by atoms with Gasteiger partial charge in [0.1, 0.15) is 12.4 Å². The number of sulfonamides is 1. The smallest absolute Gasteiger partial charge is 0.237 e. The summed E-state index contributed by atoms with van der Waals surface area (Å²) in [7, 11) is -3.49. The third kappa shape index (κ3) is 4.35. The lowest BCUT2D eigenvalue weighted by Gasteiger charge is -2.07. The van der Waals surface area contributed by atoms with Gasteiger partial charge in [-0.25, -0.2) is 8.42 Å². The second kappa shape index (κ2) is 6.65. The molecule has 6 heteroatoms. The Morgan fingerprint density at radius 3 is 2.42 bits per heavy atom. The van der Waals surface area contributed by atoms with Crippen LogP contribution in [0.4, 0.5) is 0 Å². The summed E-state index contributed by atoms with van der Waals surface area (Å²) in [5.41, 5.74) is 2.12. The van der Waals surface area contributed by atoms with Crippen LogP contribution in [-0.2, 0) is 21.4 Å². The van der Waals surface area contributed by atoms with E-state index < -0.39 is 15.9 Å². The lowest BCUT2D eigenvalue weighted by atomic mass is 10.1. The number of carbonyl (C=O) groups is 1. The van der Waals surface area contributed by atoms with Crippen LogP contribution in [0.1, 0.15) is 23.5 Å². The van der Waals surface area contributed by atoms with E-state index in [0.717, 1.165) is 23.1 Å². The summed E-state index contributed by atoms with van der Waals surface area (Å²) in [6, 6.07) is 17.5. The van der Waals surface area contributed by atoms with Crippen molar-refractivity contribution < 1.29 is 17.9 Å². The highest BCUT2D eigenvalue weighted by Crippen LogP contribution is 2.47. The molecular weight excluding hydrogens is 326 g/mol. The van der Waals surface area contributed by atoms with Crippen LogP contribution < -0.4 is 9.46 Å². The fourth-order valence-corrected chi connectivity index (χ4v) is 3.18. The van der Waals surface area contributed by atoms with E-state index in [1.54, 1.807) is 0 Å². The summed E-state index contributed by atoms with van der Waals surface area (Å²) in [5, 5.41) is 0. The van der Waals surface area contributed by atoms with Gasteiger partial charge in [-0.05, 0) is 35.6 Å². The largest absolute Gasteiger partial charge is 0.489 e. The zero-order valence-electron chi connectivity index (χ0n) is 13.3. The normalized spacial score (nSPS) is 19.5. The first kappa shape index (κ1) is 16.5. The van der Waals surface area contributed by atoms with E-state index in [4.69, 9.17) is 4.74 Å². The zero-order chi connectivity index (χ0) is 17.2. The Hall–Kier alpha value is -2.34. The van der Waals surface area contributed by atoms with Crippen LogP contribution in [0.5, 0.6) is 5.75 Å². The Morgan fingerprint density at radius 2 is 1.79 bits per heavy atom. The van der Waals surface area contributed by atoms with Crippen molar-refractivity contribution in [2.24, 2.45) is 5.92 Å². The summed E-state index contributed by atoms with van der Waals surface area (Å²) in [4.78, 5) is 11.8. The minimum absolute atomic E-state index is 0.0786. The van der Waals surface area contributed by atoms with E-state index in [1.165, 1.54) is 0 Å². The molecule has 24 heavy (non-hydrogen) atoms. The quantitative estimate of drug-likeness (QED) is 0.873. The minimum atomic E-state index is -3.49. The highest BCUT2D eigenvalue weighted by molar-refractivity contribution is 7.89. The predicted molar refractivity (Wildman–Crippen MR) is 91.1 cm³/mol. The van der Waals surface area contributed by atoms with Crippen LogP contribution in [0.3, 0.4) is 0 Å². The van der Waals surface area contributed by atoms with Crippen LogP contribution >= 0.6 is 0 Å². The molecule has 0 unspecified atom stereocenters. The molecule has 2 aromatic rings. The number of benzene rings is 2. The number of carbonyl (C=O) groups excluding carboxylic acids is 1. The molecule has 1 aliphatic rings. The van der Waals surface area contributed by atoms with E-state index in [9.17, 15) is 13.2 Å². The molecule has 0 bridgehead atoms. The zero-order valence-corrected chi connectivity index (χ0v) is 14.1. The molecule has 1 aliphatic carbocycles. The van der Waals surface area contributed by atoms with Crippen LogP contribution in [0.25, 0.3) is 0 Å². The van der Waals surface area contributed by atoms with Gasteiger partial charge in [0.15, 0.2) is 0 Å². The second-order valence-corrected chi connectivity index (χ2v) is 7.78. The maximum absolute atomic E-state index is 11.8. The number of amides is 1. The third-order valence-electron chi connectivity index (χ3n) is 3.97. The van der Waals surface area contributed by atoms with E-state index in [-0.39, 0.29) is 11.8 Å². The van der Waals surface area contributed by atoms with Crippen LogP contribution in [0.15, 0.2) is 54.6 Å². The molecule has 0 saturated heterocycles. The van der Waals surface area contributed by atoms with Gasteiger partial charge in [0, 0.05) is 5.92 Å². The number of ether oxygens (including phenoxy) is 1. The van der Waals surface area contributed by atoms with Crippen molar-refractivity contribution >= 4 is 15.9 Å². The molecule has 3 rings (SSSR count). The number of rotatable bonds is 6. The topological polar surface area (TPSA) is 72.5 Å². The molecule has 1 N–H and O–H groups in total. The highest BCUT2D eigenvalue weighted by Gasteiger charge is 2.44. The molecule has 0 aromatic heterocycles. The molecule has 0 radical (unpaired) electrons. The van der Waals surface area contributed by atoms with Gasteiger partial charge in [0.05, 0.1) is 6.26 Å². The van der Waals surface area contributed by atoms with Gasteiger partial charge in [-0.1, -0.05) is 42.5 Å². The molecule has 2 atom stereocenters. The van der Waals surface area contributed by atoms with Crippen molar-refractivity contribution in [3.8, 4) is 5.75 Å². The third-order valence-corrected chi connectivity index (χ3v) is 4.54. The first-order chi connectivity index (χ1) is 11.4. The number of hydrogen-bond donors (Lipinski definition) is 1. The molecule has 0 aliphatic heterocycles. The van der Waals surface area contributed by atoms with E-state index in [2.05, 4.69) is 0 Å². The predicted octanol–water partition coefficient (Wildman–Crippen LogP) is 2.44. The van der Waals surface area contributed by atoms with Crippen LogP contribution in [0.2, 0.25) is 0 Å². The molecule has 0 spiro atoms. The summed E-state index contributed by atoms with van der Waals surface area (Å²) < 4.78 is 30.0. The van der Waals surface area contributed by atoms with Crippen molar-refractivity contribution in [3.05, 3.63) is 65.7 Å². The maximum atomic E-state index is 11.8. The van der Waals surface area contributed by atoms with E-state index in [0.29, 0.717) is 13.0 Å². The van der Waals surface area contributed by atoms with Gasteiger partial charge in [-0.2, -0.15) is 0 Å². The first-order valence-electron chi connectivity index (χ1n) is 7.71. The summed E-state index contributed by atoms with van der Waals surface area (Å²) >= 11 is 0. The minimum Gasteiger partial charge on any atom is -0.489 e. The molecule has 126 valence electrons. The lowest BCUT2D eigenvalue weighted by Crippen LogP contribution is -2.30. The van der Waals surface area contributed by atoms with Crippen molar-refractivity contribution in [2.75, 3.05) is 6.26 Å². The second-order valence-electron chi connectivity index (χ2n) is 6.03. The maximum Gasteiger partial charge on any atom is 0.237 e. The Balaban J connectivity index is 1.55. The lowest BCUT2D eigenvalue weighted by molar-refractivity contribution is -0.120. The molecule has 0 heterocycles. The summed E-state index contributed by atoms with van der Waals surface area (Å²) in [6.45, 7) is 0.503. The van der Waals surface area contributed by atoms with Crippen molar-refractivity contribution in [1.82, 2.24) is 4.72 Å². The Kier molecular flexibility index (Phi) is 4.57.